The van der Waals surface area contributed by atoms with Crippen molar-refractivity contribution in [2.75, 3.05) is 7.11 Å². The molecule has 23 heavy (non-hydrogen) atoms. The van der Waals surface area contributed by atoms with Crippen LogP contribution < -0.4 is 15.6 Å². The lowest BCUT2D eigenvalue weighted by Gasteiger charge is -2.24. The fourth-order valence-corrected chi connectivity index (χ4v) is 3.83. The lowest BCUT2D eigenvalue weighted by Crippen LogP contribution is -2.37. The molecule has 3 rings (SSSR count). The number of nitrogens with zero attached hydrogens (tertiary/aromatic N) is 1. The molecule has 2 heterocycles. The number of hydrogen-bond donors (Lipinski definition) is 1. The van der Waals surface area contributed by atoms with Crippen LogP contribution in [0.2, 0.25) is 0 Å². The van der Waals surface area contributed by atoms with Crippen LogP contribution >= 0.6 is 0 Å². The molecule has 1 amide bonds. The van der Waals surface area contributed by atoms with Gasteiger partial charge in [0, 0.05) is 24.3 Å². The second kappa shape index (κ2) is 7.20. The van der Waals surface area contributed by atoms with Crippen molar-refractivity contribution in [1.29, 1.82) is 0 Å². The first-order valence-corrected chi connectivity index (χ1v) is 8.82. The van der Waals surface area contributed by atoms with Crippen LogP contribution in [0.25, 0.3) is 0 Å². The number of nitrogens with one attached hydrogen (secondary N) is 1. The lowest BCUT2D eigenvalue weighted by atomic mass is 10.0. The molecule has 2 aliphatic rings. The lowest BCUT2D eigenvalue weighted by molar-refractivity contribution is 0.0927. The third-order valence-electron chi connectivity index (χ3n) is 5.06. The molecule has 126 valence electrons. The summed E-state index contributed by atoms with van der Waals surface area (Å²) in [6, 6.07) is 1.70. The normalized spacial score (nSPS) is 18.8. The number of aromatic nitrogens is 1. The van der Waals surface area contributed by atoms with Gasteiger partial charge < -0.3 is 14.6 Å². The topological polar surface area (TPSA) is 60.3 Å². The molecule has 0 atom stereocenters. The summed E-state index contributed by atoms with van der Waals surface area (Å²) in [6.45, 7) is 0.696. The van der Waals surface area contributed by atoms with Gasteiger partial charge in [0.15, 0.2) is 0 Å². The van der Waals surface area contributed by atoms with Gasteiger partial charge in [0.1, 0.15) is 11.3 Å². The van der Waals surface area contributed by atoms with Gasteiger partial charge in [0.05, 0.1) is 7.11 Å². The van der Waals surface area contributed by atoms with E-state index < -0.39 is 0 Å². The zero-order valence-electron chi connectivity index (χ0n) is 13.9. The van der Waals surface area contributed by atoms with Crippen LogP contribution in [0.1, 0.15) is 67.4 Å². The zero-order chi connectivity index (χ0) is 16.2. The van der Waals surface area contributed by atoms with Gasteiger partial charge in [0.25, 0.3) is 11.5 Å². The Morgan fingerprint density at radius 1 is 1.17 bits per heavy atom. The van der Waals surface area contributed by atoms with Crippen molar-refractivity contribution in [3.05, 3.63) is 27.7 Å². The van der Waals surface area contributed by atoms with Crippen LogP contribution in [-0.4, -0.2) is 23.6 Å². The van der Waals surface area contributed by atoms with Crippen molar-refractivity contribution >= 4 is 5.91 Å². The highest BCUT2D eigenvalue weighted by atomic mass is 16.5. The SMILES string of the molecule is COc1cc(=O)n2c(c1C(=O)NC1CCCCCC1)CCCC2. The molecule has 0 bridgehead atoms. The summed E-state index contributed by atoms with van der Waals surface area (Å²) in [5.74, 6) is 0.327. The van der Waals surface area contributed by atoms with E-state index >= 15 is 0 Å². The van der Waals surface area contributed by atoms with Crippen molar-refractivity contribution in [2.45, 2.75) is 70.4 Å². The van der Waals surface area contributed by atoms with Crippen molar-refractivity contribution in [3.63, 3.8) is 0 Å². The number of amides is 1. The Hall–Kier alpha value is -1.78. The minimum Gasteiger partial charge on any atom is -0.496 e. The molecule has 5 heteroatoms. The van der Waals surface area contributed by atoms with Gasteiger partial charge in [-0.2, -0.15) is 0 Å². The van der Waals surface area contributed by atoms with Crippen molar-refractivity contribution in [2.24, 2.45) is 0 Å². The van der Waals surface area contributed by atoms with Crippen molar-refractivity contribution < 1.29 is 9.53 Å². The van der Waals surface area contributed by atoms with Crippen LogP contribution in [0.3, 0.4) is 0 Å². The van der Waals surface area contributed by atoms with E-state index in [0.29, 0.717) is 17.9 Å². The number of pyridine rings is 1. The number of methoxy groups -OCH3 is 1. The summed E-state index contributed by atoms with van der Waals surface area (Å²) in [7, 11) is 1.52. The first-order valence-electron chi connectivity index (χ1n) is 8.82. The molecule has 1 N–H and O–H groups in total. The molecule has 0 saturated heterocycles. The number of fused-ring (bicyclic) bond motifs is 1. The van der Waals surface area contributed by atoms with Gasteiger partial charge in [-0.25, -0.2) is 0 Å². The molecule has 1 aliphatic heterocycles. The molecule has 0 radical (unpaired) electrons. The van der Waals surface area contributed by atoms with Crippen molar-refractivity contribution in [1.82, 2.24) is 9.88 Å². The van der Waals surface area contributed by atoms with E-state index in [-0.39, 0.29) is 17.5 Å². The van der Waals surface area contributed by atoms with Gasteiger partial charge >= 0.3 is 0 Å². The summed E-state index contributed by atoms with van der Waals surface area (Å²) in [4.78, 5) is 25.1. The highest BCUT2D eigenvalue weighted by molar-refractivity contribution is 5.98. The molecule has 1 saturated carbocycles. The third-order valence-corrected chi connectivity index (χ3v) is 5.06. The minimum atomic E-state index is -0.0839. The number of carbonyl (C=O) groups is 1. The molecule has 1 aliphatic carbocycles. The van der Waals surface area contributed by atoms with E-state index in [2.05, 4.69) is 5.32 Å². The molecular formula is C18H26N2O3. The van der Waals surface area contributed by atoms with Gasteiger partial charge in [-0.1, -0.05) is 25.7 Å². The summed E-state index contributed by atoms with van der Waals surface area (Å²) in [6.07, 6.45) is 9.71. The maximum atomic E-state index is 12.9. The van der Waals surface area contributed by atoms with E-state index in [1.807, 2.05) is 0 Å². The summed E-state index contributed by atoms with van der Waals surface area (Å²) < 4.78 is 7.10. The van der Waals surface area contributed by atoms with Gasteiger partial charge in [0.2, 0.25) is 0 Å². The van der Waals surface area contributed by atoms with Gasteiger partial charge in [-0.05, 0) is 32.1 Å². The van der Waals surface area contributed by atoms with Crippen molar-refractivity contribution in [3.8, 4) is 5.75 Å². The summed E-state index contributed by atoms with van der Waals surface area (Å²) >= 11 is 0. The third kappa shape index (κ3) is 3.43. The Bertz CT molecular complexity index is 628. The van der Waals surface area contributed by atoms with E-state index in [9.17, 15) is 9.59 Å². The van der Waals surface area contributed by atoms with Crippen LogP contribution in [0.4, 0.5) is 0 Å². The molecule has 0 unspecified atom stereocenters. The Kier molecular flexibility index (Phi) is 5.03. The van der Waals surface area contributed by atoms with E-state index in [1.54, 1.807) is 4.57 Å². The largest absolute Gasteiger partial charge is 0.496 e. The molecule has 0 aromatic carbocycles. The van der Waals surface area contributed by atoms with Gasteiger partial charge in [-0.3, -0.25) is 9.59 Å². The molecular weight excluding hydrogens is 292 g/mol. The smallest absolute Gasteiger partial charge is 0.257 e. The monoisotopic (exact) mass is 318 g/mol. The highest BCUT2D eigenvalue weighted by Gasteiger charge is 2.25. The van der Waals surface area contributed by atoms with Crippen LogP contribution in [0.15, 0.2) is 10.9 Å². The molecule has 1 fully saturated rings. The zero-order valence-corrected chi connectivity index (χ0v) is 13.9. The highest BCUT2D eigenvalue weighted by Crippen LogP contribution is 2.26. The fourth-order valence-electron chi connectivity index (χ4n) is 3.83. The first kappa shape index (κ1) is 16.1. The number of ether oxygens (including phenoxy) is 1. The van der Waals surface area contributed by atoms with E-state index in [1.165, 1.54) is 38.9 Å². The molecule has 1 aromatic heterocycles. The molecule has 1 aromatic rings. The number of rotatable bonds is 3. The maximum Gasteiger partial charge on any atom is 0.257 e. The van der Waals surface area contributed by atoms with Gasteiger partial charge in [-0.15, -0.1) is 0 Å². The number of carbonyl (C=O) groups excluding carboxylic acids is 1. The standard InChI is InChI=1S/C18H26N2O3/c1-23-15-12-16(21)20-11-7-6-10-14(20)17(15)18(22)19-13-8-4-2-3-5-9-13/h12-13H,2-11H2,1H3,(H,19,22). The van der Waals surface area contributed by atoms with E-state index in [4.69, 9.17) is 4.74 Å². The Labute approximate surface area is 137 Å². The maximum absolute atomic E-state index is 12.9. The first-order chi connectivity index (χ1) is 11.2. The minimum absolute atomic E-state index is 0.0671. The summed E-state index contributed by atoms with van der Waals surface area (Å²) in [5, 5.41) is 3.19. The average molecular weight is 318 g/mol. The second-order valence-corrected chi connectivity index (χ2v) is 6.64. The fraction of sp³-hybridized carbons (Fsp3) is 0.667. The molecule has 0 spiro atoms. The van der Waals surface area contributed by atoms with Crippen LogP contribution in [0.5, 0.6) is 5.75 Å². The predicted octanol–water partition coefficient (Wildman–Crippen LogP) is 2.65. The Balaban J connectivity index is 1.91. The Morgan fingerprint density at radius 2 is 1.91 bits per heavy atom. The predicted molar refractivity (Wildman–Crippen MR) is 89.1 cm³/mol. The van der Waals surface area contributed by atoms with Crippen LogP contribution in [-0.2, 0) is 13.0 Å². The average Bonchev–Trinajstić information content (AvgIpc) is 2.83. The quantitative estimate of drug-likeness (QED) is 0.872. The summed E-state index contributed by atoms with van der Waals surface area (Å²) in [5.41, 5.74) is 1.34. The van der Waals surface area contributed by atoms with E-state index in [0.717, 1.165) is 37.8 Å². The number of hydrogen-bond acceptors (Lipinski definition) is 3. The van der Waals surface area contributed by atoms with Crippen LogP contribution in [0, 0.1) is 0 Å². The second-order valence-electron chi connectivity index (χ2n) is 6.64. The molecule has 5 nitrogen and oxygen atoms in total. The Morgan fingerprint density at radius 3 is 2.61 bits per heavy atom.